The van der Waals surface area contributed by atoms with Crippen LogP contribution in [0.5, 0.6) is 0 Å². The lowest BCUT2D eigenvalue weighted by Crippen LogP contribution is -2.01. The lowest BCUT2D eigenvalue weighted by molar-refractivity contribution is 0.219. The molecular weight excluding hydrogens is 302 g/mol. The van der Waals surface area contributed by atoms with Crippen molar-refractivity contribution in [2.75, 3.05) is 0 Å². The van der Waals surface area contributed by atoms with Gasteiger partial charge >= 0.3 is 0 Å². The first-order valence-corrected chi connectivity index (χ1v) is 8.59. The van der Waals surface area contributed by atoms with Gasteiger partial charge in [0, 0.05) is 17.5 Å². The predicted octanol–water partition coefficient (Wildman–Crippen LogP) is 4.76. The number of thioether (sulfide) groups is 1. The number of benzene rings is 2. The summed E-state index contributed by atoms with van der Waals surface area (Å²) in [5.41, 5.74) is 4.10. The van der Waals surface area contributed by atoms with Crippen LogP contribution in [0.4, 0.5) is 0 Å². The molecule has 0 aliphatic carbocycles. The second-order valence-electron chi connectivity index (χ2n) is 5.48. The fourth-order valence-corrected chi connectivity index (χ4v) is 3.35. The van der Waals surface area contributed by atoms with E-state index in [1.165, 1.54) is 5.56 Å². The Bertz CT molecular complexity index is 759. The highest BCUT2D eigenvalue weighted by Crippen LogP contribution is 2.28. The van der Waals surface area contributed by atoms with Crippen molar-refractivity contribution in [2.45, 2.75) is 23.8 Å². The molecule has 0 saturated carbocycles. The molecule has 2 aromatic carbocycles. The van der Waals surface area contributed by atoms with E-state index in [0.717, 1.165) is 27.5 Å². The molecule has 1 heterocycles. The van der Waals surface area contributed by atoms with Crippen LogP contribution < -0.4 is 0 Å². The van der Waals surface area contributed by atoms with Crippen LogP contribution in [0.15, 0.2) is 78.0 Å². The first-order chi connectivity index (χ1) is 11.2. The van der Waals surface area contributed by atoms with Gasteiger partial charge in [0.15, 0.2) is 0 Å². The van der Waals surface area contributed by atoms with E-state index in [1.807, 2.05) is 49.4 Å². The maximum Gasteiger partial charge on any atom is 0.106 e. The van der Waals surface area contributed by atoms with E-state index in [1.54, 1.807) is 18.0 Å². The smallest absolute Gasteiger partial charge is 0.106 e. The maximum atomic E-state index is 10.5. The van der Waals surface area contributed by atoms with Gasteiger partial charge in [0.05, 0.1) is 5.03 Å². The molecule has 0 bridgehead atoms. The summed E-state index contributed by atoms with van der Waals surface area (Å²) in [6.45, 7) is 2.04. The highest BCUT2D eigenvalue weighted by Gasteiger charge is 2.12. The van der Waals surface area contributed by atoms with Crippen molar-refractivity contribution in [3.05, 3.63) is 95.2 Å². The lowest BCUT2D eigenvalue weighted by atomic mass is 10.0. The third-order valence-electron chi connectivity index (χ3n) is 3.70. The van der Waals surface area contributed by atoms with Gasteiger partial charge in [-0.05, 0) is 29.7 Å². The van der Waals surface area contributed by atoms with Crippen molar-refractivity contribution in [3.63, 3.8) is 0 Å². The van der Waals surface area contributed by atoms with Gasteiger partial charge in [-0.1, -0.05) is 60.7 Å². The zero-order chi connectivity index (χ0) is 16.1. The van der Waals surface area contributed by atoms with Crippen LogP contribution in [0.1, 0.15) is 28.4 Å². The summed E-state index contributed by atoms with van der Waals surface area (Å²) in [5, 5.41) is 11.5. The Kier molecular flexibility index (Phi) is 5.11. The summed E-state index contributed by atoms with van der Waals surface area (Å²) in [5.74, 6) is 0.898. The molecule has 0 saturated heterocycles. The molecule has 0 amide bonds. The Morgan fingerprint density at radius 2 is 1.61 bits per heavy atom. The van der Waals surface area contributed by atoms with Crippen LogP contribution in [0.2, 0.25) is 0 Å². The number of rotatable bonds is 5. The number of pyridine rings is 1. The number of aliphatic hydroxyl groups excluding tert-OH is 1. The van der Waals surface area contributed by atoms with Crippen LogP contribution in [0, 0.1) is 6.92 Å². The number of aryl methyl sites for hydroxylation is 1. The van der Waals surface area contributed by atoms with Crippen molar-refractivity contribution in [1.29, 1.82) is 0 Å². The van der Waals surface area contributed by atoms with E-state index in [2.05, 4.69) is 29.2 Å². The number of hydrogen-bond acceptors (Lipinski definition) is 3. The summed E-state index contributed by atoms with van der Waals surface area (Å²) in [7, 11) is 0. The quantitative estimate of drug-likeness (QED) is 0.688. The minimum Gasteiger partial charge on any atom is -0.384 e. The van der Waals surface area contributed by atoms with E-state index >= 15 is 0 Å². The van der Waals surface area contributed by atoms with Crippen LogP contribution in [0.25, 0.3) is 0 Å². The van der Waals surface area contributed by atoms with Crippen molar-refractivity contribution in [2.24, 2.45) is 0 Å². The van der Waals surface area contributed by atoms with E-state index in [0.29, 0.717) is 0 Å². The third-order valence-corrected chi connectivity index (χ3v) is 4.88. The average Bonchev–Trinajstić information content (AvgIpc) is 2.61. The zero-order valence-electron chi connectivity index (χ0n) is 13.0. The molecule has 1 N–H and O–H groups in total. The van der Waals surface area contributed by atoms with Gasteiger partial charge in [-0.25, -0.2) is 4.98 Å². The number of aromatic nitrogens is 1. The average molecular weight is 321 g/mol. The Morgan fingerprint density at radius 3 is 2.26 bits per heavy atom. The van der Waals surface area contributed by atoms with E-state index in [4.69, 9.17) is 0 Å². The van der Waals surface area contributed by atoms with Gasteiger partial charge in [0.1, 0.15) is 6.10 Å². The first kappa shape index (κ1) is 15.8. The molecule has 0 fully saturated rings. The molecule has 1 aromatic heterocycles. The second kappa shape index (κ2) is 7.44. The molecule has 0 radical (unpaired) electrons. The largest absolute Gasteiger partial charge is 0.384 e. The summed E-state index contributed by atoms with van der Waals surface area (Å²) in [6, 6.07) is 22.1. The molecule has 116 valence electrons. The molecule has 0 spiro atoms. The van der Waals surface area contributed by atoms with Crippen molar-refractivity contribution >= 4 is 11.8 Å². The summed E-state index contributed by atoms with van der Waals surface area (Å²) >= 11 is 1.72. The second-order valence-corrected chi connectivity index (χ2v) is 6.44. The molecule has 3 rings (SSSR count). The van der Waals surface area contributed by atoms with Gasteiger partial charge < -0.3 is 5.11 Å². The van der Waals surface area contributed by atoms with Gasteiger partial charge in [-0.15, -0.1) is 11.8 Å². The Hall–Kier alpha value is -2.10. The van der Waals surface area contributed by atoms with E-state index < -0.39 is 6.10 Å². The minimum atomic E-state index is -0.629. The third kappa shape index (κ3) is 4.01. The van der Waals surface area contributed by atoms with Crippen LogP contribution in [-0.4, -0.2) is 10.1 Å². The fraction of sp³-hybridized carbons (Fsp3) is 0.150. The molecule has 2 nitrogen and oxygen atoms in total. The van der Waals surface area contributed by atoms with Gasteiger partial charge in [0.25, 0.3) is 0 Å². The Balaban J connectivity index is 1.73. The number of hydrogen-bond donors (Lipinski definition) is 1. The Morgan fingerprint density at radius 1 is 0.957 bits per heavy atom. The van der Waals surface area contributed by atoms with Crippen LogP contribution in [0.3, 0.4) is 0 Å². The maximum absolute atomic E-state index is 10.5. The monoisotopic (exact) mass is 321 g/mol. The SMILES string of the molecule is Cc1cc(C(O)c2ccccc2)cnc1SCc1ccccc1. The van der Waals surface area contributed by atoms with Crippen LogP contribution in [-0.2, 0) is 5.75 Å². The number of aliphatic hydroxyl groups is 1. The predicted molar refractivity (Wildman–Crippen MR) is 95.5 cm³/mol. The standard InChI is InChI=1S/C20H19NOS/c1-15-12-18(19(22)17-10-6-3-7-11-17)13-21-20(15)23-14-16-8-4-2-5-9-16/h2-13,19,22H,14H2,1H3. The highest BCUT2D eigenvalue weighted by atomic mass is 32.2. The highest BCUT2D eigenvalue weighted by molar-refractivity contribution is 7.98. The number of nitrogens with zero attached hydrogens (tertiary/aromatic N) is 1. The van der Waals surface area contributed by atoms with Gasteiger partial charge in [-0.2, -0.15) is 0 Å². The minimum absolute atomic E-state index is 0.629. The molecule has 3 aromatic rings. The molecule has 0 aliphatic rings. The molecule has 1 atom stereocenters. The lowest BCUT2D eigenvalue weighted by Gasteiger charge is -2.13. The molecule has 0 aliphatic heterocycles. The summed E-state index contributed by atoms with van der Waals surface area (Å²) in [4.78, 5) is 4.54. The van der Waals surface area contributed by atoms with E-state index in [-0.39, 0.29) is 0 Å². The first-order valence-electron chi connectivity index (χ1n) is 7.60. The van der Waals surface area contributed by atoms with Gasteiger partial charge in [-0.3, -0.25) is 0 Å². The van der Waals surface area contributed by atoms with E-state index in [9.17, 15) is 5.11 Å². The molecular formula is C20H19NOS. The van der Waals surface area contributed by atoms with Crippen molar-refractivity contribution < 1.29 is 5.11 Å². The molecule has 23 heavy (non-hydrogen) atoms. The molecule has 1 unspecified atom stereocenters. The Labute approximate surface area is 141 Å². The summed E-state index contributed by atoms with van der Waals surface area (Å²) < 4.78 is 0. The summed E-state index contributed by atoms with van der Waals surface area (Å²) in [6.07, 6.45) is 1.15. The zero-order valence-corrected chi connectivity index (χ0v) is 13.8. The topological polar surface area (TPSA) is 33.1 Å². The van der Waals surface area contributed by atoms with Crippen molar-refractivity contribution in [3.8, 4) is 0 Å². The van der Waals surface area contributed by atoms with Crippen molar-refractivity contribution in [1.82, 2.24) is 4.98 Å². The normalized spacial score (nSPS) is 12.1. The van der Waals surface area contributed by atoms with Gasteiger partial charge in [0.2, 0.25) is 0 Å². The fourth-order valence-electron chi connectivity index (χ4n) is 2.44. The van der Waals surface area contributed by atoms with Crippen LogP contribution >= 0.6 is 11.8 Å². The molecule has 3 heteroatoms.